The number of rotatable bonds is 4. The molecule has 6 heteroatoms. The largest absolute Gasteiger partial charge is 0.366 e. The van der Waals surface area contributed by atoms with E-state index in [0.717, 1.165) is 16.9 Å². The van der Waals surface area contributed by atoms with Crippen molar-refractivity contribution in [1.29, 1.82) is 0 Å². The highest BCUT2D eigenvalue weighted by molar-refractivity contribution is 5.93. The van der Waals surface area contributed by atoms with E-state index in [1.165, 1.54) is 0 Å². The number of anilines is 2. The van der Waals surface area contributed by atoms with Gasteiger partial charge in [-0.15, -0.1) is 5.10 Å². The summed E-state index contributed by atoms with van der Waals surface area (Å²) in [6, 6.07) is 22.8. The molecule has 122 valence electrons. The van der Waals surface area contributed by atoms with Gasteiger partial charge in [0.25, 0.3) is 0 Å². The lowest BCUT2D eigenvalue weighted by Crippen LogP contribution is -2.10. The summed E-state index contributed by atoms with van der Waals surface area (Å²) in [4.78, 5) is 15.8. The number of fused-ring (bicyclic) bond motifs is 1. The number of nitrogens with zero attached hydrogens (tertiary/aromatic N) is 3. The fraction of sp³-hybridized carbons (Fsp3) is 0. The third-order valence-corrected chi connectivity index (χ3v) is 3.83. The average Bonchev–Trinajstić information content (AvgIpc) is 3.05. The van der Waals surface area contributed by atoms with Crippen LogP contribution in [0.2, 0.25) is 0 Å². The van der Waals surface area contributed by atoms with Gasteiger partial charge in [-0.3, -0.25) is 4.79 Å². The third-order valence-electron chi connectivity index (χ3n) is 3.83. The molecule has 2 heterocycles. The zero-order valence-electron chi connectivity index (χ0n) is 13.3. The number of nitrogens with two attached hydrogens (primary N) is 1. The molecule has 6 nitrogen and oxygen atoms in total. The molecule has 0 saturated carbocycles. The quantitative estimate of drug-likeness (QED) is 0.602. The van der Waals surface area contributed by atoms with Crippen LogP contribution in [0.1, 0.15) is 10.4 Å². The van der Waals surface area contributed by atoms with Crippen LogP contribution in [0.5, 0.6) is 0 Å². The fourth-order valence-electron chi connectivity index (χ4n) is 2.66. The summed E-state index contributed by atoms with van der Waals surface area (Å²) in [5.74, 6) is -0.0250. The fourth-order valence-corrected chi connectivity index (χ4v) is 2.66. The van der Waals surface area contributed by atoms with Gasteiger partial charge < -0.3 is 11.1 Å². The van der Waals surface area contributed by atoms with E-state index in [2.05, 4.69) is 15.4 Å². The molecule has 0 spiro atoms. The molecule has 0 saturated heterocycles. The van der Waals surface area contributed by atoms with Crippen LogP contribution >= 0.6 is 0 Å². The number of pyridine rings is 1. The highest BCUT2D eigenvalue weighted by Gasteiger charge is 2.09. The lowest BCUT2D eigenvalue weighted by Gasteiger charge is -2.04. The van der Waals surface area contributed by atoms with Crippen LogP contribution in [0, 0.1) is 0 Å². The predicted molar refractivity (Wildman–Crippen MR) is 96.7 cm³/mol. The molecule has 0 unspecified atom stereocenters. The lowest BCUT2D eigenvalue weighted by atomic mass is 10.1. The van der Waals surface area contributed by atoms with Gasteiger partial charge in [0.1, 0.15) is 0 Å². The number of hydrogen-bond acceptors (Lipinski definition) is 4. The summed E-state index contributed by atoms with van der Waals surface area (Å²) in [7, 11) is 0. The van der Waals surface area contributed by atoms with E-state index in [1.54, 1.807) is 22.7 Å². The smallest absolute Gasteiger partial charge is 0.248 e. The van der Waals surface area contributed by atoms with Crippen LogP contribution in [-0.2, 0) is 0 Å². The molecule has 0 fully saturated rings. The monoisotopic (exact) mass is 329 g/mol. The van der Waals surface area contributed by atoms with E-state index in [1.807, 2.05) is 54.6 Å². The van der Waals surface area contributed by atoms with E-state index in [-0.39, 0.29) is 0 Å². The van der Waals surface area contributed by atoms with Gasteiger partial charge in [0.05, 0.1) is 5.69 Å². The highest BCUT2D eigenvalue weighted by Crippen LogP contribution is 2.22. The molecule has 0 aliphatic carbocycles. The number of carbonyl (C=O) groups excluding carboxylic acids is 1. The first-order chi connectivity index (χ1) is 12.2. The maximum atomic E-state index is 11.3. The molecule has 0 aliphatic heterocycles. The van der Waals surface area contributed by atoms with Crippen molar-refractivity contribution in [3.8, 4) is 11.3 Å². The van der Waals surface area contributed by atoms with Crippen molar-refractivity contribution >= 4 is 23.2 Å². The minimum Gasteiger partial charge on any atom is -0.366 e. The van der Waals surface area contributed by atoms with Gasteiger partial charge in [-0.1, -0.05) is 42.5 Å². The minimum atomic E-state index is -0.474. The van der Waals surface area contributed by atoms with E-state index >= 15 is 0 Å². The summed E-state index contributed by atoms with van der Waals surface area (Å²) < 4.78 is 1.79. The minimum absolute atomic E-state index is 0.429. The van der Waals surface area contributed by atoms with Crippen molar-refractivity contribution in [1.82, 2.24) is 14.6 Å². The summed E-state index contributed by atoms with van der Waals surface area (Å²) >= 11 is 0. The maximum Gasteiger partial charge on any atom is 0.248 e. The van der Waals surface area contributed by atoms with Gasteiger partial charge in [0.2, 0.25) is 11.9 Å². The maximum absolute atomic E-state index is 11.3. The number of nitrogens with one attached hydrogen (secondary N) is 1. The lowest BCUT2D eigenvalue weighted by molar-refractivity contribution is 0.100. The van der Waals surface area contributed by atoms with E-state index in [9.17, 15) is 4.79 Å². The Morgan fingerprint density at radius 1 is 0.960 bits per heavy atom. The first-order valence-corrected chi connectivity index (χ1v) is 7.79. The van der Waals surface area contributed by atoms with E-state index in [4.69, 9.17) is 5.73 Å². The molecule has 4 rings (SSSR count). The molecule has 0 aliphatic rings. The van der Waals surface area contributed by atoms with Gasteiger partial charge in [-0.25, -0.2) is 4.52 Å². The molecule has 4 aromatic rings. The number of hydrogen-bond donors (Lipinski definition) is 2. The third kappa shape index (κ3) is 2.92. The summed E-state index contributed by atoms with van der Waals surface area (Å²) in [5, 5.41) is 7.65. The van der Waals surface area contributed by atoms with Crippen LogP contribution in [0.4, 0.5) is 11.6 Å². The Bertz CT molecular complexity index is 1060. The zero-order valence-corrected chi connectivity index (χ0v) is 13.3. The van der Waals surface area contributed by atoms with Crippen molar-refractivity contribution in [2.75, 3.05) is 5.32 Å². The average molecular weight is 329 g/mol. The predicted octanol–water partition coefficient (Wildman–Crippen LogP) is 3.24. The molecule has 2 aromatic heterocycles. The normalized spacial score (nSPS) is 10.7. The van der Waals surface area contributed by atoms with Crippen molar-refractivity contribution in [3.63, 3.8) is 0 Å². The van der Waals surface area contributed by atoms with Gasteiger partial charge >= 0.3 is 0 Å². The molecule has 3 N–H and O–H groups in total. The number of amides is 1. The van der Waals surface area contributed by atoms with Gasteiger partial charge in [0.15, 0.2) is 5.65 Å². The Balaban J connectivity index is 1.73. The molecule has 1 amide bonds. The molecule has 0 bridgehead atoms. The Morgan fingerprint density at radius 3 is 2.56 bits per heavy atom. The van der Waals surface area contributed by atoms with Crippen LogP contribution in [0.3, 0.4) is 0 Å². The topological polar surface area (TPSA) is 85.3 Å². The summed E-state index contributed by atoms with van der Waals surface area (Å²) in [6.45, 7) is 0. The van der Waals surface area contributed by atoms with Crippen molar-refractivity contribution in [2.24, 2.45) is 5.73 Å². The second-order valence-corrected chi connectivity index (χ2v) is 5.55. The van der Waals surface area contributed by atoms with Gasteiger partial charge in [0, 0.05) is 16.8 Å². The SMILES string of the molecule is NC(=O)c1cccc(Nc2nc3cccc(-c4ccccc4)n3n2)c1. The van der Waals surface area contributed by atoms with E-state index in [0.29, 0.717) is 17.2 Å². The second-order valence-electron chi connectivity index (χ2n) is 5.55. The molecule has 0 atom stereocenters. The Morgan fingerprint density at radius 2 is 1.76 bits per heavy atom. The zero-order chi connectivity index (χ0) is 17.2. The van der Waals surface area contributed by atoms with Crippen LogP contribution < -0.4 is 11.1 Å². The van der Waals surface area contributed by atoms with Crippen molar-refractivity contribution in [3.05, 3.63) is 78.4 Å². The van der Waals surface area contributed by atoms with Crippen molar-refractivity contribution < 1.29 is 4.79 Å². The highest BCUT2D eigenvalue weighted by atomic mass is 16.1. The second kappa shape index (κ2) is 6.09. The molecular formula is C19H15N5O. The van der Waals surface area contributed by atoms with Crippen LogP contribution in [-0.4, -0.2) is 20.5 Å². The number of aromatic nitrogens is 3. The Kier molecular flexibility index (Phi) is 3.63. The number of primary amides is 1. The first-order valence-electron chi connectivity index (χ1n) is 7.79. The molecule has 25 heavy (non-hydrogen) atoms. The summed E-state index contributed by atoms with van der Waals surface area (Å²) in [5.41, 5.74) is 9.19. The molecular weight excluding hydrogens is 314 g/mol. The van der Waals surface area contributed by atoms with Crippen LogP contribution in [0.25, 0.3) is 16.9 Å². The summed E-state index contributed by atoms with van der Waals surface area (Å²) in [6.07, 6.45) is 0. The van der Waals surface area contributed by atoms with Crippen molar-refractivity contribution in [2.45, 2.75) is 0 Å². The first kappa shape index (κ1) is 14.9. The van der Waals surface area contributed by atoms with Crippen LogP contribution in [0.15, 0.2) is 72.8 Å². The Labute approximate surface area is 143 Å². The number of benzene rings is 2. The molecule has 2 aromatic carbocycles. The van der Waals surface area contributed by atoms with Gasteiger partial charge in [-0.2, -0.15) is 4.98 Å². The standard InChI is InChI=1S/C19H15N5O/c20-18(25)14-8-4-9-15(12-14)21-19-22-17-11-5-10-16(24(17)23-19)13-6-2-1-3-7-13/h1-12H,(H2,20,25)(H,21,23). The van der Waals surface area contributed by atoms with Gasteiger partial charge in [-0.05, 0) is 30.3 Å². The Hall–Kier alpha value is -3.67. The molecule has 0 radical (unpaired) electrons. The van der Waals surface area contributed by atoms with E-state index < -0.39 is 5.91 Å². The number of carbonyl (C=O) groups is 1.